The molecule has 0 aromatic heterocycles. The third-order valence-corrected chi connectivity index (χ3v) is 1.16. The van der Waals surface area contributed by atoms with Crippen LogP contribution in [0.2, 0.25) is 0 Å². The van der Waals surface area contributed by atoms with Gasteiger partial charge in [0, 0.05) is 6.61 Å². The van der Waals surface area contributed by atoms with E-state index >= 15 is 0 Å². The van der Waals surface area contributed by atoms with Gasteiger partial charge < -0.3 is 10.2 Å². The van der Waals surface area contributed by atoms with E-state index in [9.17, 15) is 17.6 Å². The Balaban J connectivity index is 0. The molecule has 0 radical (unpaired) electrons. The maximum atomic E-state index is 10.5. The van der Waals surface area contributed by atoms with Crippen LogP contribution in [0.15, 0.2) is 0 Å². The van der Waals surface area contributed by atoms with Crippen molar-refractivity contribution in [1.82, 2.24) is 0 Å². The molecule has 0 aliphatic heterocycles. The molecule has 0 spiro atoms. The number of hydrogen-bond acceptors (Lipinski definition) is 3. The van der Waals surface area contributed by atoms with Crippen LogP contribution in [0.3, 0.4) is 0 Å². The lowest BCUT2D eigenvalue weighted by Gasteiger charge is -2.01. The fraction of sp³-hybridized carbons (Fsp3) is 0.857. The molecule has 0 bridgehead atoms. The van der Waals surface area contributed by atoms with Crippen LogP contribution in [-0.4, -0.2) is 35.1 Å². The maximum absolute atomic E-state index is 10.5. The summed E-state index contributed by atoms with van der Waals surface area (Å²) < 4.78 is 41.8. The first-order valence-corrected chi connectivity index (χ1v) is 3.81. The van der Waals surface area contributed by atoms with Gasteiger partial charge in [-0.2, -0.15) is 17.6 Å². The van der Waals surface area contributed by atoms with Gasteiger partial charge in [0.25, 0.3) is 0 Å². The zero-order chi connectivity index (χ0) is 11.8. The van der Waals surface area contributed by atoms with Gasteiger partial charge in [0.05, 0.1) is 6.10 Å². The first-order chi connectivity index (χ1) is 6.25. The van der Waals surface area contributed by atoms with Gasteiger partial charge in [-0.05, 0) is 12.8 Å². The van der Waals surface area contributed by atoms with Crippen LogP contribution < -0.4 is 0 Å². The van der Waals surface area contributed by atoms with Gasteiger partial charge in [-0.1, -0.05) is 6.92 Å². The highest BCUT2D eigenvalue weighted by Gasteiger charge is 2.38. The predicted molar refractivity (Wildman–Crippen MR) is 40.2 cm³/mol. The second-order valence-electron chi connectivity index (χ2n) is 2.35. The molecule has 0 saturated carbocycles. The van der Waals surface area contributed by atoms with E-state index in [1.165, 1.54) is 0 Å². The molecule has 1 atom stereocenters. The minimum atomic E-state index is -5.31. The predicted octanol–water partition coefficient (Wildman–Crippen LogP) is 1.18. The van der Waals surface area contributed by atoms with Gasteiger partial charge in [0.1, 0.15) is 0 Å². The van der Waals surface area contributed by atoms with Crippen molar-refractivity contribution in [3.05, 3.63) is 0 Å². The van der Waals surface area contributed by atoms with Crippen molar-refractivity contribution >= 4 is 6.04 Å². The Morgan fingerprint density at radius 1 is 1.43 bits per heavy atom. The van der Waals surface area contributed by atoms with E-state index in [1.54, 1.807) is 0 Å². The molecule has 2 N–H and O–H groups in total. The number of aliphatic hydroxyl groups excluding tert-OH is 2. The van der Waals surface area contributed by atoms with Crippen LogP contribution in [-0.2, 0) is 4.79 Å². The van der Waals surface area contributed by atoms with Crippen molar-refractivity contribution in [3.8, 4) is 0 Å². The lowest BCUT2D eigenvalue weighted by molar-refractivity contribution is -0.183. The molecule has 0 saturated heterocycles. The van der Waals surface area contributed by atoms with E-state index in [4.69, 9.17) is 15.0 Å². The number of hydrogen-bond donors (Lipinski definition) is 2. The maximum Gasteiger partial charge on any atom is 0.483 e. The molecule has 3 nitrogen and oxygen atoms in total. The summed E-state index contributed by atoms with van der Waals surface area (Å²) in [5.41, 5.74) is 0. The van der Waals surface area contributed by atoms with Crippen molar-refractivity contribution < 1.29 is 32.6 Å². The second-order valence-corrected chi connectivity index (χ2v) is 2.35. The van der Waals surface area contributed by atoms with Crippen LogP contribution in [0.5, 0.6) is 0 Å². The molecule has 7 heteroatoms. The minimum Gasteiger partial charge on any atom is -0.396 e. The fourth-order valence-electron chi connectivity index (χ4n) is 0.353. The average Bonchev–Trinajstić information content (AvgIpc) is 2.04. The summed E-state index contributed by atoms with van der Waals surface area (Å²) in [6.07, 6.45) is -4.36. The van der Waals surface area contributed by atoms with E-state index in [2.05, 4.69) is 0 Å². The van der Waals surface area contributed by atoms with Gasteiger partial charge in [-0.15, -0.1) is 0 Å². The van der Waals surface area contributed by atoms with Crippen LogP contribution in [0.25, 0.3) is 0 Å². The molecule has 1 unspecified atom stereocenters. The fourth-order valence-corrected chi connectivity index (χ4v) is 0.353. The highest BCUT2D eigenvalue weighted by molar-refractivity contribution is 5.74. The molecular formula is C7H12F4O3. The van der Waals surface area contributed by atoms with Crippen LogP contribution in [0.4, 0.5) is 17.6 Å². The quantitative estimate of drug-likeness (QED) is 0.554. The Labute approximate surface area is 78.3 Å². The van der Waals surface area contributed by atoms with Crippen LogP contribution in [0, 0.1) is 0 Å². The number of rotatable bonds is 3. The molecule has 0 rings (SSSR count). The summed E-state index contributed by atoms with van der Waals surface area (Å²) in [6.45, 7) is 1.98. The minimum absolute atomic E-state index is 0.0923. The van der Waals surface area contributed by atoms with E-state index < -0.39 is 12.2 Å². The van der Waals surface area contributed by atoms with Gasteiger partial charge >= 0.3 is 12.2 Å². The lowest BCUT2D eigenvalue weighted by atomic mass is 10.2. The van der Waals surface area contributed by atoms with Gasteiger partial charge in [0.2, 0.25) is 0 Å². The molecule has 86 valence electrons. The molecule has 0 aliphatic carbocycles. The van der Waals surface area contributed by atoms with Crippen molar-refractivity contribution in [2.75, 3.05) is 6.61 Å². The third-order valence-electron chi connectivity index (χ3n) is 1.16. The molecular weight excluding hydrogens is 208 g/mol. The van der Waals surface area contributed by atoms with Gasteiger partial charge in [-0.25, -0.2) is 0 Å². The normalized spacial score (nSPS) is 12.8. The van der Waals surface area contributed by atoms with Crippen molar-refractivity contribution in [1.29, 1.82) is 0 Å². The first-order valence-electron chi connectivity index (χ1n) is 3.81. The highest BCUT2D eigenvalue weighted by atomic mass is 19.4. The number of carbonyl (C=O) groups excluding carboxylic acids is 1. The summed E-state index contributed by atoms with van der Waals surface area (Å²) in [6, 6.07) is -3.26. The smallest absolute Gasteiger partial charge is 0.396 e. The first kappa shape index (κ1) is 15.8. The van der Waals surface area contributed by atoms with E-state index in [0.717, 1.165) is 6.42 Å². The monoisotopic (exact) mass is 220 g/mol. The van der Waals surface area contributed by atoms with Crippen LogP contribution in [0.1, 0.15) is 19.8 Å². The number of alkyl halides is 3. The third kappa shape index (κ3) is 11.3. The topological polar surface area (TPSA) is 57.5 Å². The van der Waals surface area contributed by atoms with Crippen molar-refractivity contribution in [2.24, 2.45) is 0 Å². The zero-order valence-corrected chi connectivity index (χ0v) is 7.51. The molecule has 0 aromatic carbocycles. The van der Waals surface area contributed by atoms with Gasteiger partial charge in [-0.3, -0.25) is 4.79 Å². The standard InChI is InChI=1S/C5H12O2.C2F4O/c1-2-5(7)3-4-6;3-1(7)2(4,5)6/h5-7H,2-4H2,1H3;. The summed E-state index contributed by atoms with van der Waals surface area (Å²) >= 11 is 0. The average molecular weight is 220 g/mol. The largest absolute Gasteiger partial charge is 0.483 e. The molecule has 14 heavy (non-hydrogen) atoms. The summed E-state index contributed by atoms with van der Waals surface area (Å²) in [5, 5.41) is 16.9. The molecule has 0 aliphatic rings. The molecule has 0 heterocycles. The lowest BCUT2D eigenvalue weighted by Crippen LogP contribution is -2.16. The van der Waals surface area contributed by atoms with E-state index in [1.807, 2.05) is 6.92 Å². The van der Waals surface area contributed by atoms with E-state index in [0.29, 0.717) is 6.42 Å². The molecule has 0 amide bonds. The Bertz CT molecular complexity index is 158. The van der Waals surface area contributed by atoms with Gasteiger partial charge in [0.15, 0.2) is 0 Å². The van der Waals surface area contributed by atoms with Crippen LogP contribution >= 0.6 is 0 Å². The Hall–Kier alpha value is -0.690. The summed E-state index contributed by atoms with van der Waals surface area (Å²) in [5.74, 6) is 0. The summed E-state index contributed by atoms with van der Waals surface area (Å²) in [7, 11) is 0. The SMILES string of the molecule is CCC(O)CCO.O=C(F)C(F)(F)F. The Morgan fingerprint density at radius 3 is 1.86 bits per heavy atom. The Morgan fingerprint density at radius 2 is 1.79 bits per heavy atom. The molecule has 0 aromatic rings. The highest BCUT2D eigenvalue weighted by Crippen LogP contribution is 2.15. The van der Waals surface area contributed by atoms with E-state index in [-0.39, 0.29) is 12.7 Å². The Kier molecular flexibility index (Phi) is 8.66. The number of carbonyl (C=O) groups is 1. The molecule has 0 fully saturated rings. The summed E-state index contributed by atoms with van der Waals surface area (Å²) in [4.78, 5) is 8.67. The number of halogens is 4. The van der Waals surface area contributed by atoms with Crippen molar-refractivity contribution in [2.45, 2.75) is 32.0 Å². The van der Waals surface area contributed by atoms with Crippen molar-refractivity contribution in [3.63, 3.8) is 0 Å². The number of aliphatic hydroxyl groups is 2. The second kappa shape index (κ2) is 7.69. The zero-order valence-electron chi connectivity index (χ0n) is 7.51.